The lowest BCUT2D eigenvalue weighted by atomic mass is 9.38. The highest BCUT2D eigenvalue weighted by Gasteiger charge is 2.75. The molecular formula is C26H38O8. The van der Waals surface area contributed by atoms with Crippen LogP contribution in [0.3, 0.4) is 0 Å². The lowest BCUT2D eigenvalue weighted by Gasteiger charge is -2.68. The van der Waals surface area contributed by atoms with Crippen LogP contribution in [0.25, 0.3) is 0 Å². The highest BCUT2D eigenvalue weighted by Crippen LogP contribution is 2.73. The molecule has 0 aromatic heterocycles. The van der Waals surface area contributed by atoms with Crippen LogP contribution < -0.4 is 0 Å². The summed E-state index contributed by atoms with van der Waals surface area (Å²) in [6, 6.07) is 0. The van der Waals surface area contributed by atoms with Gasteiger partial charge in [0, 0.05) is 55.3 Å². The maximum Gasteiger partial charge on any atom is 0.302 e. The first kappa shape index (κ1) is 25.2. The van der Waals surface area contributed by atoms with E-state index in [4.69, 9.17) is 14.2 Å². The second-order valence-corrected chi connectivity index (χ2v) is 11.8. The number of hydrogen-bond donors (Lipinski definition) is 2. The van der Waals surface area contributed by atoms with Crippen LogP contribution in [0.1, 0.15) is 67.2 Å². The van der Waals surface area contributed by atoms with Gasteiger partial charge in [-0.1, -0.05) is 27.4 Å². The molecule has 0 unspecified atom stereocenters. The Bertz CT molecular complexity index is 910. The summed E-state index contributed by atoms with van der Waals surface area (Å²) in [5.41, 5.74) is -1.58. The molecule has 4 fully saturated rings. The van der Waals surface area contributed by atoms with Crippen LogP contribution in [0.5, 0.6) is 0 Å². The topological polar surface area (TPSA) is 119 Å². The first-order chi connectivity index (χ1) is 15.7. The van der Waals surface area contributed by atoms with Gasteiger partial charge in [0.25, 0.3) is 0 Å². The molecule has 190 valence electrons. The highest BCUT2D eigenvalue weighted by atomic mass is 16.6. The van der Waals surface area contributed by atoms with Gasteiger partial charge in [0.15, 0.2) is 0 Å². The standard InChI is InChI=1S/C26H38O8/c1-12-16-8-17(30)21-25(7)20(34-15(4)29)9-19(33-14(3)28)24(5,6)22(25)18(32-13(2)27)11-26(21,10-16)23(12)31/h16-23,30-31H,1,8-11H2,2-7H3/t16-,17+,18+,19+,20-,21+,22-,23-,25+,26+/m1/s1. The molecule has 4 aliphatic rings. The van der Waals surface area contributed by atoms with Crippen molar-refractivity contribution in [3.05, 3.63) is 12.2 Å². The van der Waals surface area contributed by atoms with Crippen LogP contribution >= 0.6 is 0 Å². The van der Waals surface area contributed by atoms with E-state index in [1.807, 2.05) is 20.8 Å². The van der Waals surface area contributed by atoms with Gasteiger partial charge in [-0.15, -0.1) is 0 Å². The number of esters is 3. The molecule has 0 heterocycles. The molecule has 1 spiro atoms. The second-order valence-electron chi connectivity index (χ2n) is 11.8. The third kappa shape index (κ3) is 3.43. The minimum Gasteiger partial charge on any atom is -0.462 e. The van der Waals surface area contributed by atoms with E-state index in [1.54, 1.807) is 0 Å². The van der Waals surface area contributed by atoms with Crippen molar-refractivity contribution in [2.45, 2.75) is 97.7 Å². The molecule has 10 atom stereocenters. The molecule has 4 saturated carbocycles. The first-order valence-electron chi connectivity index (χ1n) is 12.2. The Morgan fingerprint density at radius 1 is 0.853 bits per heavy atom. The number of ether oxygens (including phenoxy) is 3. The second kappa shape index (κ2) is 8.05. The quantitative estimate of drug-likeness (QED) is 0.361. The zero-order chi connectivity index (χ0) is 25.4. The van der Waals surface area contributed by atoms with Crippen LogP contribution in [-0.2, 0) is 28.6 Å². The SMILES string of the molecule is C=C1[C@@H]2C[C@H](O)[C@@H]3[C@](C2)(C[C@H](OC(C)=O)[C@@H]2C(C)(C)[C@@H](OC(C)=O)C[C@@H](OC(C)=O)[C@]23C)[C@@H]1O. The van der Waals surface area contributed by atoms with E-state index in [0.29, 0.717) is 24.8 Å². The Morgan fingerprint density at radius 3 is 1.97 bits per heavy atom. The smallest absolute Gasteiger partial charge is 0.302 e. The largest absolute Gasteiger partial charge is 0.462 e. The summed E-state index contributed by atoms with van der Waals surface area (Å²) in [5, 5.41) is 23.0. The number of aliphatic hydroxyl groups is 2. The van der Waals surface area contributed by atoms with Crippen molar-refractivity contribution >= 4 is 17.9 Å². The van der Waals surface area contributed by atoms with Gasteiger partial charge in [0.1, 0.15) is 18.3 Å². The van der Waals surface area contributed by atoms with E-state index < -0.39 is 76.5 Å². The summed E-state index contributed by atoms with van der Waals surface area (Å²) in [6.45, 7) is 14.1. The van der Waals surface area contributed by atoms with Crippen molar-refractivity contribution in [2.24, 2.45) is 34.0 Å². The van der Waals surface area contributed by atoms with E-state index in [9.17, 15) is 24.6 Å². The predicted molar refractivity (Wildman–Crippen MR) is 121 cm³/mol. The first-order valence-corrected chi connectivity index (χ1v) is 12.2. The van der Waals surface area contributed by atoms with Crippen molar-refractivity contribution < 1.29 is 38.8 Å². The van der Waals surface area contributed by atoms with Crippen molar-refractivity contribution in [1.29, 1.82) is 0 Å². The van der Waals surface area contributed by atoms with Gasteiger partial charge in [0.05, 0.1) is 12.2 Å². The summed E-state index contributed by atoms with van der Waals surface area (Å²) in [7, 11) is 0. The molecule has 4 aliphatic carbocycles. The number of fused-ring (bicyclic) bond motifs is 3. The fourth-order valence-corrected chi connectivity index (χ4v) is 8.81. The van der Waals surface area contributed by atoms with Gasteiger partial charge < -0.3 is 24.4 Å². The number of carbonyl (C=O) groups is 3. The van der Waals surface area contributed by atoms with Crippen LogP contribution in [-0.4, -0.2) is 58.6 Å². The van der Waals surface area contributed by atoms with E-state index >= 15 is 0 Å². The summed E-state index contributed by atoms with van der Waals surface area (Å²) < 4.78 is 17.6. The van der Waals surface area contributed by atoms with Crippen molar-refractivity contribution in [1.82, 2.24) is 0 Å². The molecule has 0 aromatic rings. The molecule has 0 aromatic carbocycles. The number of aliphatic hydroxyl groups excluding tert-OH is 2. The Labute approximate surface area is 201 Å². The molecule has 34 heavy (non-hydrogen) atoms. The monoisotopic (exact) mass is 478 g/mol. The van der Waals surface area contributed by atoms with Gasteiger partial charge >= 0.3 is 17.9 Å². The average molecular weight is 479 g/mol. The molecule has 8 heteroatoms. The zero-order valence-electron chi connectivity index (χ0n) is 21.0. The third-order valence-electron chi connectivity index (χ3n) is 9.56. The molecule has 0 radical (unpaired) electrons. The van der Waals surface area contributed by atoms with E-state index in [-0.39, 0.29) is 12.3 Å². The normalized spacial score (nSPS) is 46.6. The van der Waals surface area contributed by atoms with E-state index in [1.165, 1.54) is 20.8 Å². The molecule has 0 amide bonds. The average Bonchev–Trinajstić information content (AvgIpc) is 2.85. The Kier molecular flexibility index (Phi) is 5.96. The zero-order valence-corrected chi connectivity index (χ0v) is 21.0. The van der Waals surface area contributed by atoms with Gasteiger partial charge in [-0.3, -0.25) is 14.4 Å². The van der Waals surface area contributed by atoms with E-state index in [2.05, 4.69) is 6.58 Å². The van der Waals surface area contributed by atoms with Crippen molar-refractivity contribution in [3.8, 4) is 0 Å². The maximum absolute atomic E-state index is 12.3. The van der Waals surface area contributed by atoms with Gasteiger partial charge in [0.2, 0.25) is 0 Å². The fraction of sp³-hybridized carbons (Fsp3) is 0.808. The van der Waals surface area contributed by atoms with Crippen LogP contribution in [0, 0.1) is 34.0 Å². The van der Waals surface area contributed by atoms with Crippen molar-refractivity contribution in [3.63, 3.8) is 0 Å². The number of rotatable bonds is 3. The molecular weight excluding hydrogens is 440 g/mol. The molecule has 8 nitrogen and oxygen atoms in total. The van der Waals surface area contributed by atoms with Crippen molar-refractivity contribution in [2.75, 3.05) is 0 Å². The summed E-state index contributed by atoms with van der Waals surface area (Å²) in [4.78, 5) is 36.5. The summed E-state index contributed by atoms with van der Waals surface area (Å²) in [6.07, 6.45) is -1.81. The molecule has 2 N–H and O–H groups in total. The van der Waals surface area contributed by atoms with Gasteiger partial charge in [-0.2, -0.15) is 0 Å². The Balaban J connectivity index is 1.94. The fourth-order valence-electron chi connectivity index (χ4n) is 8.81. The molecule has 0 saturated heterocycles. The third-order valence-corrected chi connectivity index (χ3v) is 9.56. The van der Waals surface area contributed by atoms with Gasteiger partial charge in [-0.25, -0.2) is 0 Å². The number of hydrogen-bond acceptors (Lipinski definition) is 8. The lowest BCUT2D eigenvalue weighted by Crippen LogP contribution is -2.73. The number of carbonyl (C=O) groups excluding carboxylic acids is 3. The maximum atomic E-state index is 12.3. The van der Waals surface area contributed by atoms with Gasteiger partial charge in [-0.05, 0) is 30.8 Å². The lowest BCUT2D eigenvalue weighted by molar-refractivity contribution is -0.294. The van der Waals surface area contributed by atoms with E-state index in [0.717, 1.165) is 0 Å². The summed E-state index contributed by atoms with van der Waals surface area (Å²) in [5.74, 6) is -2.22. The summed E-state index contributed by atoms with van der Waals surface area (Å²) >= 11 is 0. The molecule has 2 bridgehead atoms. The highest BCUT2D eigenvalue weighted by molar-refractivity contribution is 5.67. The minimum absolute atomic E-state index is 0.0167. The predicted octanol–water partition coefficient (Wildman–Crippen LogP) is 2.54. The van der Waals surface area contributed by atoms with Crippen LogP contribution in [0.15, 0.2) is 12.2 Å². The Morgan fingerprint density at radius 2 is 1.41 bits per heavy atom. The Hall–Kier alpha value is -1.93. The molecule has 4 rings (SSSR count). The van der Waals surface area contributed by atoms with Crippen LogP contribution in [0.4, 0.5) is 0 Å². The minimum atomic E-state index is -0.861. The molecule has 0 aliphatic heterocycles. The van der Waals surface area contributed by atoms with Crippen LogP contribution in [0.2, 0.25) is 0 Å².